The van der Waals surface area contributed by atoms with Crippen LogP contribution in [0.15, 0.2) is 12.4 Å². The highest BCUT2D eigenvalue weighted by Gasteiger charge is 2.13. The molecule has 2 rings (SSSR count). The van der Waals surface area contributed by atoms with Crippen molar-refractivity contribution in [3.8, 4) is 0 Å². The van der Waals surface area contributed by atoms with Gasteiger partial charge in [0.15, 0.2) is 0 Å². The lowest BCUT2D eigenvalue weighted by atomic mass is 10.4. The first-order valence-corrected chi connectivity index (χ1v) is 5.27. The summed E-state index contributed by atoms with van der Waals surface area (Å²) in [4.78, 5) is 12.9. The summed E-state index contributed by atoms with van der Waals surface area (Å²) in [6, 6.07) is 0. The van der Waals surface area contributed by atoms with Crippen LogP contribution in [-0.2, 0) is 0 Å². The minimum Gasteiger partial charge on any atom is -0.382 e. The maximum atomic E-state index is 5.62. The van der Waals surface area contributed by atoms with Crippen molar-refractivity contribution >= 4 is 11.6 Å². The lowest BCUT2D eigenvalue weighted by Crippen LogP contribution is -2.29. The zero-order chi connectivity index (χ0) is 10.7. The predicted octanol–water partition coefficient (Wildman–Crippen LogP) is 0.201. The van der Waals surface area contributed by atoms with Crippen molar-refractivity contribution in [2.75, 3.05) is 43.9 Å². The average molecular weight is 207 g/mol. The van der Waals surface area contributed by atoms with Crippen LogP contribution in [0.2, 0.25) is 0 Å². The molecule has 0 aromatic carbocycles. The van der Waals surface area contributed by atoms with Gasteiger partial charge in [0.1, 0.15) is 11.6 Å². The molecule has 0 aliphatic carbocycles. The van der Waals surface area contributed by atoms with E-state index in [1.807, 2.05) is 0 Å². The molecular weight excluding hydrogens is 190 g/mol. The molecule has 0 saturated carbocycles. The van der Waals surface area contributed by atoms with Gasteiger partial charge in [-0.05, 0) is 20.0 Å². The number of hydrogen-bond donors (Lipinski definition) is 1. The molecule has 2 heterocycles. The van der Waals surface area contributed by atoms with Crippen LogP contribution in [0.5, 0.6) is 0 Å². The smallest absolute Gasteiger partial charge is 0.149 e. The lowest BCUT2D eigenvalue weighted by Gasteiger charge is -2.21. The van der Waals surface area contributed by atoms with Gasteiger partial charge in [0.2, 0.25) is 0 Å². The van der Waals surface area contributed by atoms with Crippen LogP contribution in [-0.4, -0.2) is 48.1 Å². The number of hydrogen-bond acceptors (Lipinski definition) is 5. The van der Waals surface area contributed by atoms with E-state index in [0.717, 1.165) is 38.4 Å². The van der Waals surface area contributed by atoms with E-state index >= 15 is 0 Å². The van der Waals surface area contributed by atoms with Crippen LogP contribution in [0, 0.1) is 0 Å². The Labute approximate surface area is 89.9 Å². The van der Waals surface area contributed by atoms with E-state index in [0.29, 0.717) is 5.82 Å². The molecule has 82 valence electrons. The van der Waals surface area contributed by atoms with Crippen molar-refractivity contribution in [1.82, 2.24) is 14.9 Å². The predicted molar refractivity (Wildman–Crippen MR) is 60.8 cm³/mol. The highest BCUT2D eigenvalue weighted by Crippen LogP contribution is 2.12. The van der Waals surface area contributed by atoms with Gasteiger partial charge in [-0.2, -0.15) is 0 Å². The summed E-state index contributed by atoms with van der Waals surface area (Å²) in [6.45, 7) is 4.24. The molecule has 0 spiro atoms. The molecule has 0 radical (unpaired) electrons. The van der Waals surface area contributed by atoms with Gasteiger partial charge in [-0.3, -0.25) is 4.98 Å². The Morgan fingerprint density at radius 3 is 2.87 bits per heavy atom. The van der Waals surface area contributed by atoms with Gasteiger partial charge < -0.3 is 15.5 Å². The standard InChI is InChI=1S/C10H17N5/c1-14-3-2-4-15(6-5-14)10-8-12-7-9(11)13-10/h7-8H,2-6H2,1H3,(H2,11,13). The van der Waals surface area contributed by atoms with E-state index in [4.69, 9.17) is 5.73 Å². The van der Waals surface area contributed by atoms with Gasteiger partial charge in [-0.1, -0.05) is 0 Å². The van der Waals surface area contributed by atoms with Crippen molar-refractivity contribution in [3.05, 3.63) is 12.4 Å². The molecular formula is C10H17N5. The number of rotatable bonds is 1. The first kappa shape index (κ1) is 10.2. The minimum absolute atomic E-state index is 0.491. The van der Waals surface area contributed by atoms with Gasteiger partial charge in [0, 0.05) is 19.6 Å². The minimum atomic E-state index is 0.491. The summed E-state index contributed by atoms with van der Waals surface area (Å²) < 4.78 is 0. The van der Waals surface area contributed by atoms with Crippen LogP contribution >= 0.6 is 0 Å². The third-order valence-corrected chi connectivity index (χ3v) is 2.68. The third-order valence-electron chi connectivity index (χ3n) is 2.68. The second-order valence-electron chi connectivity index (χ2n) is 3.95. The summed E-state index contributed by atoms with van der Waals surface area (Å²) in [7, 11) is 2.15. The van der Waals surface area contributed by atoms with Crippen molar-refractivity contribution in [1.29, 1.82) is 0 Å². The maximum absolute atomic E-state index is 5.62. The maximum Gasteiger partial charge on any atom is 0.149 e. The monoisotopic (exact) mass is 207 g/mol. The summed E-state index contributed by atoms with van der Waals surface area (Å²) >= 11 is 0. The van der Waals surface area contributed by atoms with Gasteiger partial charge in [0.05, 0.1) is 12.4 Å². The van der Waals surface area contributed by atoms with Crippen LogP contribution < -0.4 is 10.6 Å². The normalized spacial score (nSPS) is 18.9. The average Bonchev–Trinajstić information content (AvgIpc) is 2.43. The highest BCUT2D eigenvalue weighted by molar-refractivity contribution is 5.41. The molecule has 0 atom stereocenters. The Balaban J connectivity index is 2.09. The lowest BCUT2D eigenvalue weighted by molar-refractivity contribution is 0.360. The Bertz CT molecular complexity index is 327. The van der Waals surface area contributed by atoms with Crippen LogP contribution in [0.4, 0.5) is 11.6 Å². The molecule has 0 amide bonds. The molecule has 1 aliphatic heterocycles. The molecule has 0 bridgehead atoms. The quantitative estimate of drug-likeness (QED) is 0.713. The van der Waals surface area contributed by atoms with E-state index in [1.54, 1.807) is 12.4 Å². The second-order valence-corrected chi connectivity index (χ2v) is 3.95. The van der Waals surface area contributed by atoms with Gasteiger partial charge in [0.25, 0.3) is 0 Å². The first-order valence-electron chi connectivity index (χ1n) is 5.27. The molecule has 2 N–H and O–H groups in total. The van der Waals surface area contributed by atoms with Crippen molar-refractivity contribution in [2.45, 2.75) is 6.42 Å². The van der Waals surface area contributed by atoms with Crippen LogP contribution in [0.1, 0.15) is 6.42 Å². The molecule has 0 unspecified atom stereocenters. The van der Waals surface area contributed by atoms with Crippen molar-refractivity contribution in [2.24, 2.45) is 0 Å². The first-order chi connectivity index (χ1) is 7.25. The largest absolute Gasteiger partial charge is 0.382 e. The third kappa shape index (κ3) is 2.56. The Morgan fingerprint density at radius 1 is 1.20 bits per heavy atom. The molecule has 5 heteroatoms. The number of nitrogens with zero attached hydrogens (tertiary/aromatic N) is 4. The SMILES string of the molecule is CN1CCCN(c2cncc(N)n2)CC1. The van der Waals surface area contributed by atoms with Gasteiger partial charge >= 0.3 is 0 Å². The summed E-state index contributed by atoms with van der Waals surface area (Å²) in [5.74, 6) is 1.38. The van der Waals surface area contributed by atoms with Gasteiger partial charge in [-0.15, -0.1) is 0 Å². The summed E-state index contributed by atoms with van der Waals surface area (Å²) in [5, 5.41) is 0. The van der Waals surface area contributed by atoms with E-state index in [-0.39, 0.29) is 0 Å². The fourth-order valence-corrected chi connectivity index (χ4v) is 1.80. The fraction of sp³-hybridized carbons (Fsp3) is 0.600. The van der Waals surface area contributed by atoms with Crippen LogP contribution in [0.25, 0.3) is 0 Å². The number of nitrogens with two attached hydrogens (primary N) is 1. The number of anilines is 2. The zero-order valence-corrected chi connectivity index (χ0v) is 9.06. The zero-order valence-electron chi connectivity index (χ0n) is 9.06. The van der Waals surface area contributed by atoms with E-state index in [9.17, 15) is 0 Å². The molecule has 1 aliphatic rings. The summed E-state index contributed by atoms with van der Waals surface area (Å²) in [6.07, 6.45) is 4.52. The molecule has 5 nitrogen and oxygen atoms in total. The summed E-state index contributed by atoms with van der Waals surface area (Å²) in [5.41, 5.74) is 5.62. The van der Waals surface area contributed by atoms with Gasteiger partial charge in [-0.25, -0.2) is 4.98 Å². The Hall–Kier alpha value is -1.36. The Kier molecular flexibility index (Phi) is 3.01. The van der Waals surface area contributed by atoms with E-state index < -0.39 is 0 Å². The fourth-order valence-electron chi connectivity index (χ4n) is 1.80. The topological polar surface area (TPSA) is 58.3 Å². The van der Waals surface area contributed by atoms with Crippen LogP contribution in [0.3, 0.4) is 0 Å². The number of likely N-dealkylation sites (N-methyl/N-ethyl adjacent to an activating group) is 1. The number of aromatic nitrogens is 2. The molecule has 1 aromatic rings. The second kappa shape index (κ2) is 4.44. The van der Waals surface area contributed by atoms with E-state index in [1.165, 1.54) is 0 Å². The number of nitrogen functional groups attached to an aromatic ring is 1. The Morgan fingerprint density at radius 2 is 2.07 bits per heavy atom. The molecule has 15 heavy (non-hydrogen) atoms. The van der Waals surface area contributed by atoms with E-state index in [2.05, 4.69) is 26.8 Å². The molecule has 1 saturated heterocycles. The van der Waals surface area contributed by atoms with Crippen molar-refractivity contribution in [3.63, 3.8) is 0 Å². The molecule has 1 aromatic heterocycles. The van der Waals surface area contributed by atoms with Crippen molar-refractivity contribution < 1.29 is 0 Å². The molecule has 1 fully saturated rings. The highest BCUT2D eigenvalue weighted by atomic mass is 15.2.